The second kappa shape index (κ2) is 7.04. The fourth-order valence-corrected chi connectivity index (χ4v) is 3.81. The van der Waals surface area contributed by atoms with Gasteiger partial charge in [-0.1, -0.05) is 20.8 Å². The summed E-state index contributed by atoms with van der Waals surface area (Å²) in [5, 5.41) is 0. The molecular weight excluding hydrogens is 250 g/mol. The Morgan fingerprint density at radius 3 is 2.75 bits per heavy atom. The van der Waals surface area contributed by atoms with Crippen molar-refractivity contribution in [3.63, 3.8) is 0 Å². The van der Waals surface area contributed by atoms with E-state index in [4.69, 9.17) is 4.74 Å². The smallest absolute Gasteiger partial charge is 0.137 e. The summed E-state index contributed by atoms with van der Waals surface area (Å²) in [6.07, 6.45) is 4.52. The Morgan fingerprint density at radius 2 is 2.10 bits per heavy atom. The van der Waals surface area contributed by atoms with Crippen molar-refractivity contribution >= 4 is 5.78 Å². The van der Waals surface area contributed by atoms with Crippen molar-refractivity contribution < 1.29 is 9.53 Å². The van der Waals surface area contributed by atoms with Crippen molar-refractivity contribution in [2.75, 3.05) is 26.7 Å². The van der Waals surface area contributed by atoms with Gasteiger partial charge >= 0.3 is 0 Å². The van der Waals surface area contributed by atoms with Crippen LogP contribution in [0.1, 0.15) is 46.5 Å². The molecule has 116 valence electrons. The molecule has 0 spiro atoms. The Labute approximate surface area is 124 Å². The van der Waals surface area contributed by atoms with Gasteiger partial charge in [0.25, 0.3) is 0 Å². The molecule has 1 heterocycles. The number of Topliss-reactive ketones (excluding diaryl/α,β-unsaturated/α-hetero) is 1. The molecular formula is C17H31NO2. The van der Waals surface area contributed by atoms with Crippen molar-refractivity contribution in [2.24, 2.45) is 23.7 Å². The zero-order chi connectivity index (χ0) is 14.7. The minimum absolute atomic E-state index is 0.266. The lowest BCUT2D eigenvalue weighted by Crippen LogP contribution is -2.47. The quantitative estimate of drug-likeness (QED) is 0.793. The molecule has 1 aliphatic carbocycles. The third-order valence-electron chi connectivity index (χ3n) is 5.50. The molecule has 4 atom stereocenters. The van der Waals surface area contributed by atoms with Gasteiger partial charge in [0.05, 0.1) is 6.10 Å². The summed E-state index contributed by atoms with van der Waals surface area (Å²) in [4.78, 5) is 14.7. The van der Waals surface area contributed by atoms with Gasteiger partial charge in [-0.25, -0.2) is 0 Å². The van der Waals surface area contributed by atoms with Crippen LogP contribution < -0.4 is 0 Å². The third-order valence-corrected chi connectivity index (χ3v) is 5.50. The summed E-state index contributed by atoms with van der Waals surface area (Å²) in [6.45, 7) is 9.92. The van der Waals surface area contributed by atoms with Crippen LogP contribution in [0.4, 0.5) is 0 Å². The number of likely N-dealkylation sites (tertiary alicyclic amines) is 1. The number of carbonyl (C=O) groups is 1. The predicted molar refractivity (Wildman–Crippen MR) is 81.7 cm³/mol. The van der Waals surface area contributed by atoms with Crippen LogP contribution >= 0.6 is 0 Å². The average molecular weight is 281 g/mol. The second-order valence-electron chi connectivity index (χ2n) is 7.24. The van der Waals surface area contributed by atoms with E-state index < -0.39 is 0 Å². The van der Waals surface area contributed by atoms with E-state index in [1.165, 1.54) is 6.42 Å². The van der Waals surface area contributed by atoms with Gasteiger partial charge in [0.15, 0.2) is 0 Å². The van der Waals surface area contributed by atoms with Crippen LogP contribution in [0.2, 0.25) is 0 Å². The normalized spacial score (nSPS) is 36.5. The minimum atomic E-state index is 0.266. The van der Waals surface area contributed by atoms with Crippen LogP contribution in [-0.4, -0.2) is 43.5 Å². The number of hydrogen-bond donors (Lipinski definition) is 0. The topological polar surface area (TPSA) is 29.5 Å². The van der Waals surface area contributed by atoms with E-state index in [0.717, 1.165) is 44.8 Å². The molecule has 4 unspecified atom stereocenters. The van der Waals surface area contributed by atoms with E-state index in [1.54, 1.807) is 0 Å². The van der Waals surface area contributed by atoms with E-state index in [-0.39, 0.29) is 5.92 Å². The summed E-state index contributed by atoms with van der Waals surface area (Å²) in [5.41, 5.74) is 0. The standard InChI is InChI=1S/C17H31NO2/c1-12(2)14-5-6-16(19)15(9-14)10-18-8-7-13(3)17(11-18)20-4/h12-15,17H,5-11H2,1-4H3. The SMILES string of the molecule is COC1CN(CC2CC(C(C)C)CCC2=O)CCC1C. The van der Waals surface area contributed by atoms with Crippen molar-refractivity contribution in [3.8, 4) is 0 Å². The number of piperidine rings is 1. The summed E-state index contributed by atoms with van der Waals surface area (Å²) in [5.74, 6) is 2.84. The fraction of sp³-hybridized carbons (Fsp3) is 0.941. The first kappa shape index (κ1) is 16.0. The van der Waals surface area contributed by atoms with Gasteiger partial charge in [-0.2, -0.15) is 0 Å². The van der Waals surface area contributed by atoms with Gasteiger partial charge in [-0.3, -0.25) is 4.79 Å². The molecule has 0 aromatic rings. The predicted octanol–water partition coefficient (Wildman–Crippen LogP) is 2.98. The van der Waals surface area contributed by atoms with Gasteiger partial charge in [-0.05, 0) is 43.6 Å². The number of hydrogen-bond acceptors (Lipinski definition) is 3. The first-order valence-electron chi connectivity index (χ1n) is 8.29. The Morgan fingerprint density at radius 1 is 1.35 bits per heavy atom. The van der Waals surface area contributed by atoms with Crippen LogP contribution in [0.5, 0.6) is 0 Å². The van der Waals surface area contributed by atoms with Crippen molar-refractivity contribution in [3.05, 3.63) is 0 Å². The molecule has 3 heteroatoms. The highest BCUT2D eigenvalue weighted by molar-refractivity contribution is 5.82. The van der Waals surface area contributed by atoms with E-state index in [9.17, 15) is 4.79 Å². The molecule has 0 bridgehead atoms. The van der Waals surface area contributed by atoms with E-state index in [1.807, 2.05) is 7.11 Å². The molecule has 0 aromatic heterocycles. The number of rotatable bonds is 4. The molecule has 1 saturated heterocycles. The fourth-order valence-electron chi connectivity index (χ4n) is 3.81. The first-order chi connectivity index (χ1) is 9.51. The zero-order valence-corrected chi connectivity index (χ0v) is 13.6. The summed E-state index contributed by atoms with van der Waals surface area (Å²) in [6, 6.07) is 0. The van der Waals surface area contributed by atoms with E-state index in [0.29, 0.717) is 23.7 Å². The maximum absolute atomic E-state index is 12.2. The van der Waals surface area contributed by atoms with Gasteiger partial charge in [0, 0.05) is 32.5 Å². The molecule has 0 amide bonds. The summed E-state index contributed by atoms with van der Waals surface area (Å²) >= 11 is 0. The highest BCUT2D eigenvalue weighted by atomic mass is 16.5. The van der Waals surface area contributed by atoms with Crippen molar-refractivity contribution in [2.45, 2.75) is 52.6 Å². The molecule has 2 aliphatic rings. The largest absolute Gasteiger partial charge is 0.380 e. The average Bonchev–Trinajstić information content (AvgIpc) is 2.43. The van der Waals surface area contributed by atoms with Crippen LogP contribution in [0.3, 0.4) is 0 Å². The zero-order valence-electron chi connectivity index (χ0n) is 13.6. The Kier molecular flexibility index (Phi) is 5.62. The van der Waals surface area contributed by atoms with Gasteiger partial charge < -0.3 is 9.64 Å². The minimum Gasteiger partial charge on any atom is -0.380 e. The number of ether oxygens (including phenoxy) is 1. The Bertz CT molecular complexity index is 329. The van der Waals surface area contributed by atoms with E-state index >= 15 is 0 Å². The highest BCUT2D eigenvalue weighted by Gasteiger charge is 2.33. The molecule has 2 rings (SSSR count). The third kappa shape index (κ3) is 3.82. The van der Waals surface area contributed by atoms with Gasteiger partial charge in [0.1, 0.15) is 5.78 Å². The lowest BCUT2D eigenvalue weighted by atomic mass is 9.75. The Hall–Kier alpha value is -0.410. The number of nitrogens with zero attached hydrogens (tertiary/aromatic N) is 1. The molecule has 2 fully saturated rings. The van der Waals surface area contributed by atoms with Crippen LogP contribution in [0, 0.1) is 23.7 Å². The number of ketones is 1. The van der Waals surface area contributed by atoms with E-state index in [2.05, 4.69) is 25.7 Å². The van der Waals surface area contributed by atoms with Gasteiger partial charge in [-0.15, -0.1) is 0 Å². The number of carbonyl (C=O) groups excluding carboxylic acids is 1. The summed E-state index contributed by atoms with van der Waals surface area (Å²) < 4.78 is 5.58. The molecule has 20 heavy (non-hydrogen) atoms. The van der Waals surface area contributed by atoms with Crippen molar-refractivity contribution in [1.29, 1.82) is 0 Å². The monoisotopic (exact) mass is 281 g/mol. The molecule has 0 aromatic carbocycles. The number of methoxy groups -OCH3 is 1. The highest BCUT2D eigenvalue weighted by Crippen LogP contribution is 2.33. The summed E-state index contributed by atoms with van der Waals surface area (Å²) in [7, 11) is 1.81. The Balaban J connectivity index is 1.89. The van der Waals surface area contributed by atoms with Crippen LogP contribution in [0.15, 0.2) is 0 Å². The molecule has 3 nitrogen and oxygen atoms in total. The maximum atomic E-state index is 12.2. The lowest BCUT2D eigenvalue weighted by molar-refractivity contribution is -0.127. The van der Waals surface area contributed by atoms with Crippen molar-refractivity contribution in [1.82, 2.24) is 4.90 Å². The second-order valence-corrected chi connectivity index (χ2v) is 7.24. The maximum Gasteiger partial charge on any atom is 0.137 e. The molecule has 0 radical (unpaired) electrons. The molecule has 0 N–H and O–H groups in total. The van der Waals surface area contributed by atoms with Gasteiger partial charge in [0.2, 0.25) is 0 Å². The lowest BCUT2D eigenvalue weighted by Gasteiger charge is -2.39. The molecule has 1 saturated carbocycles. The van der Waals surface area contributed by atoms with Crippen LogP contribution in [-0.2, 0) is 9.53 Å². The van der Waals surface area contributed by atoms with Crippen LogP contribution in [0.25, 0.3) is 0 Å². The first-order valence-corrected chi connectivity index (χ1v) is 8.29. The molecule has 1 aliphatic heterocycles.